The van der Waals surface area contributed by atoms with Crippen LogP contribution in [0.15, 0.2) is 51.7 Å². The first kappa shape index (κ1) is 23.0. The van der Waals surface area contributed by atoms with E-state index in [1.807, 2.05) is 13.8 Å². The molecular formula is C25H24ClNO6. The Morgan fingerprint density at radius 2 is 1.88 bits per heavy atom. The fraction of sp³-hybridized carbons (Fsp3) is 0.320. The Morgan fingerprint density at radius 1 is 1.15 bits per heavy atom. The molecule has 1 atom stereocenters. The van der Waals surface area contributed by atoms with Crippen molar-refractivity contribution in [3.05, 3.63) is 80.2 Å². The number of esters is 1. The van der Waals surface area contributed by atoms with E-state index in [0.717, 1.165) is 0 Å². The third kappa shape index (κ3) is 4.38. The summed E-state index contributed by atoms with van der Waals surface area (Å²) < 4.78 is 16.3. The maximum absolute atomic E-state index is 13.5. The monoisotopic (exact) mass is 469 g/mol. The van der Waals surface area contributed by atoms with E-state index in [2.05, 4.69) is 0 Å². The summed E-state index contributed by atoms with van der Waals surface area (Å²) >= 11 is 6.11. The van der Waals surface area contributed by atoms with Crippen molar-refractivity contribution in [3.63, 3.8) is 0 Å². The van der Waals surface area contributed by atoms with Gasteiger partial charge in [0.15, 0.2) is 5.43 Å². The second kappa shape index (κ2) is 9.37. The van der Waals surface area contributed by atoms with Crippen LogP contribution in [-0.4, -0.2) is 43.1 Å². The molecule has 1 aromatic heterocycles. The lowest BCUT2D eigenvalue weighted by molar-refractivity contribution is 0.0585. The van der Waals surface area contributed by atoms with Crippen LogP contribution >= 0.6 is 11.6 Å². The maximum Gasteiger partial charge on any atom is 0.337 e. The van der Waals surface area contributed by atoms with Gasteiger partial charge in [0.25, 0.3) is 5.91 Å². The average molecular weight is 470 g/mol. The molecule has 2 aromatic carbocycles. The summed E-state index contributed by atoms with van der Waals surface area (Å²) in [4.78, 5) is 40.3. The van der Waals surface area contributed by atoms with Crippen LogP contribution in [-0.2, 0) is 9.47 Å². The lowest BCUT2D eigenvalue weighted by atomic mass is 9.97. The molecule has 0 spiro atoms. The fourth-order valence-electron chi connectivity index (χ4n) is 4.04. The highest BCUT2D eigenvalue weighted by atomic mass is 35.5. The van der Waals surface area contributed by atoms with E-state index in [1.165, 1.54) is 7.11 Å². The molecule has 8 heteroatoms. The van der Waals surface area contributed by atoms with E-state index >= 15 is 0 Å². The SMILES string of the molecule is COC(=O)c1ccc([C@H]2c3c(oc4ccc(Cl)cc4c3=O)C(=O)N2CCCOC(C)C)cc1. The third-order valence-electron chi connectivity index (χ3n) is 5.57. The van der Waals surface area contributed by atoms with Gasteiger partial charge in [-0.15, -0.1) is 0 Å². The first-order chi connectivity index (χ1) is 15.8. The summed E-state index contributed by atoms with van der Waals surface area (Å²) in [6.07, 6.45) is 0.671. The van der Waals surface area contributed by atoms with Gasteiger partial charge in [-0.05, 0) is 56.2 Å². The molecule has 0 saturated heterocycles. The van der Waals surface area contributed by atoms with Crippen LogP contribution in [0.25, 0.3) is 11.0 Å². The maximum atomic E-state index is 13.5. The van der Waals surface area contributed by atoms with Crippen molar-refractivity contribution < 1.29 is 23.5 Å². The molecule has 0 N–H and O–H groups in total. The van der Waals surface area contributed by atoms with Crippen molar-refractivity contribution in [2.24, 2.45) is 0 Å². The Hall–Kier alpha value is -3.16. The molecule has 3 aromatic rings. The van der Waals surface area contributed by atoms with Crippen molar-refractivity contribution >= 4 is 34.4 Å². The molecule has 0 radical (unpaired) electrons. The molecule has 172 valence electrons. The molecule has 0 fully saturated rings. The smallest absolute Gasteiger partial charge is 0.337 e. The molecule has 0 bridgehead atoms. The number of hydrogen-bond acceptors (Lipinski definition) is 6. The number of nitrogens with zero attached hydrogens (tertiary/aromatic N) is 1. The summed E-state index contributed by atoms with van der Waals surface area (Å²) in [5.74, 6) is -0.792. The highest BCUT2D eigenvalue weighted by Crippen LogP contribution is 2.38. The van der Waals surface area contributed by atoms with E-state index in [9.17, 15) is 14.4 Å². The highest BCUT2D eigenvalue weighted by molar-refractivity contribution is 6.31. The third-order valence-corrected chi connectivity index (χ3v) is 5.80. The number of methoxy groups -OCH3 is 1. The summed E-state index contributed by atoms with van der Waals surface area (Å²) in [6.45, 7) is 4.74. The summed E-state index contributed by atoms with van der Waals surface area (Å²) in [6, 6.07) is 10.8. The minimum Gasteiger partial charge on any atom is -0.465 e. The number of halogens is 1. The van der Waals surface area contributed by atoms with E-state index in [1.54, 1.807) is 47.4 Å². The minimum atomic E-state index is -0.655. The normalized spacial score (nSPS) is 15.4. The van der Waals surface area contributed by atoms with E-state index < -0.39 is 12.0 Å². The van der Waals surface area contributed by atoms with Gasteiger partial charge in [0.2, 0.25) is 5.76 Å². The van der Waals surface area contributed by atoms with Gasteiger partial charge >= 0.3 is 5.97 Å². The zero-order valence-corrected chi connectivity index (χ0v) is 19.3. The van der Waals surface area contributed by atoms with Crippen LogP contribution < -0.4 is 5.43 Å². The number of benzene rings is 2. The molecule has 2 heterocycles. The molecule has 0 saturated carbocycles. The van der Waals surface area contributed by atoms with Crippen molar-refractivity contribution in [1.82, 2.24) is 4.90 Å². The van der Waals surface area contributed by atoms with Crippen LogP contribution in [0.1, 0.15) is 58.3 Å². The zero-order valence-electron chi connectivity index (χ0n) is 18.6. The first-order valence-corrected chi connectivity index (χ1v) is 11.1. The van der Waals surface area contributed by atoms with E-state index in [0.29, 0.717) is 46.7 Å². The van der Waals surface area contributed by atoms with Crippen molar-refractivity contribution in [3.8, 4) is 0 Å². The summed E-state index contributed by atoms with van der Waals surface area (Å²) in [7, 11) is 1.31. The fourth-order valence-corrected chi connectivity index (χ4v) is 4.22. The number of carbonyl (C=O) groups excluding carboxylic acids is 2. The molecule has 4 rings (SSSR count). The van der Waals surface area contributed by atoms with Crippen LogP contribution in [0.2, 0.25) is 5.02 Å². The van der Waals surface area contributed by atoms with Gasteiger partial charge in [0.1, 0.15) is 5.58 Å². The van der Waals surface area contributed by atoms with Gasteiger partial charge in [0.05, 0.1) is 35.8 Å². The Labute approximate surface area is 195 Å². The second-order valence-electron chi connectivity index (χ2n) is 8.10. The lowest BCUT2D eigenvalue weighted by Crippen LogP contribution is -2.31. The quantitative estimate of drug-likeness (QED) is 0.371. The van der Waals surface area contributed by atoms with Gasteiger partial charge in [-0.25, -0.2) is 4.79 Å². The van der Waals surface area contributed by atoms with Crippen molar-refractivity contribution in [2.45, 2.75) is 32.4 Å². The van der Waals surface area contributed by atoms with Crippen LogP contribution in [0.4, 0.5) is 0 Å². The molecule has 7 nitrogen and oxygen atoms in total. The van der Waals surface area contributed by atoms with E-state index in [4.69, 9.17) is 25.5 Å². The molecule has 1 amide bonds. The second-order valence-corrected chi connectivity index (χ2v) is 8.54. The standard InChI is InChI=1S/C25H24ClNO6/c1-14(2)32-12-4-11-27-21(15-5-7-16(8-6-15)25(30)31-3)20-22(28)18-13-17(26)9-10-19(18)33-23(20)24(27)29/h5-10,13-14,21H,4,11-12H2,1-3H3/t21-/m0/s1. The number of fused-ring (bicyclic) bond motifs is 2. The average Bonchev–Trinajstić information content (AvgIpc) is 3.08. The number of amides is 1. The number of ether oxygens (including phenoxy) is 2. The lowest BCUT2D eigenvalue weighted by Gasteiger charge is -2.25. The molecule has 0 unspecified atom stereocenters. The predicted octanol–water partition coefficient (Wildman–Crippen LogP) is 4.59. The van der Waals surface area contributed by atoms with Gasteiger partial charge < -0.3 is 18.8 Å². The van der Waals surface area contributed by atoms with Gasteiger partial charge in [0, 0.05) is 18.2 Å². The Morgan fingerprint density at radius 3 is 2.55 bits per heavy atom. The number of rotatable bonds is 7. The van der Waals surface area contributed by atoms with Gasteiger partial charge in [-0.2, -0.15) is 0 Å². The minimum absolute atomic E-state index is 0.0293. The molecule has 1 aliphatic heterocycles. The topological polar surface area (TPSA) is 86.0 Å². The summed E-state index contributed by atoms with van der Waals surface area (Å²) in [5, 5.41) is 0.718. The van der Waals surface area contributed by atoms with Gasteiger partial charge in [-0.1, -0.05) is 23.7 Å². The predicted molar refractivity (Wildman–Crippen MR) is 124 cm³/mol. The van der Waals surface area contributed by atoms with E-state index in [-0.39, 0.29) is 28.8 Å². The van der Waals surface area contributed by atoms with Crippen LogP contribution in [0, 0.1) is 0 Å². The molecule has 1 aliphatic rings. The molecular weight excluding hydrogens is 446 g/mol. The highest BCUT2D eigenvalue weighted by Gasteiger charge is 2.42. The van der Waals surface area contributed by atoms with Crippen LogP contribution in [0.3, 0.4) is 0 Å². The Kier molecular flexibility index (Phi) is 6.54. The summed E-state index contributed by atoms with van der Waals surface area (Å²) in [5.41, 5.74) is 1.34. The van der Waals surface area contributed by atoms with Crippen molar-refractivity contribution in [1.29, 1.82) is 0 Å². The zero-order chi connectivity index (χ0) is 23.7. The number of carbonyl (C=O) groups is 2. The Bertz CT molecular complexity index is 1260. The Balaban J connectivity index is 1.80. The largest absolute Gasteiger partial charge is 0.465 e. The molecule has 33 heavy (non-hydrogen) atoms. The van der Waals surface area contributed by atoms with Gasteiger partial charge in [-0.3, -0.25) is 9.59 Å². The first-order valence-electron chi connectivity index (χ1n) is 10.7. The number of hydrogen-bond donors (Lipinski definition) is 0. The molecule has 0 aliphatic carbocycles. The van der Waals surface area contributed by atoms with Crippen molar-refractivity contribution in [2.75, 3.05) is 20.3 Å². The van der Waals surface area contributed by atoms with Crippen LogP contribution in [0.5, 0.6) is 0 Å².